The lowest BCUT2D eigenvalue weighted by Gasteiger charge is -1.98. The standard InChI is InChI=1S/C6H10OS/c7-5-8-6-3-1-2-4-6/h5-6H,1-4H2. The fourth-order valence-corrected chi connectivity index (χ4v) is 1.87. The second kappa shape index (κ2) is 3.13. The van der Waals surface area contributed by atoms with Gasteiger partial charge in [-0.05, 0) is 12.8 Å². The van der Waals surface area contributed by atoms with Gasteiger partial charge in [0.2, 0.25) is 0 Å². The molecule has 1 saturated carbocycles. The van der Waals surface area contributed by atoms with Crippen molar-refractivity contribution in [2.24, 2.45) is 0 Å². The summed E-state index contributed by atoms with van der Waals surface area (Å²) in [5.41, 5.74) is 0.968. The first-order valence-corrected chi connectivity index (χ1v) is 3.97. The SMILES string of the molecule is O=CSC1CCCC1. The molecule has 1 nitrogen and oxygen atoms in total. The van der Waals surface area contributed by atoms with Gasteiger partial charge in [-0.1, -0.05) is 24.6 Å². The summed E-state index contributed by atoms with van der Waals surface area (Å²) >= 11 is 1.46. The van der Waals surface area contributed by atoms with E-state index in [1.54, 1.807) is 0 Å². The van der Waals surface area contributed by atoms with Crippen LogP contribution in [-0.4, -0.2) is 10.9 Å². The zero-order valence-electron chi connectivity index (χ0n) is 4.80. The van der Waals surface area contributed by atoms with E-state index in [0.717, 1.165) is 5.62 Å². The fraction of sp³-hybridized carbons (Fsp3) is 0.833. The van der Waals surface area contributed by atoms with Gasteiger partial charge in [0.05, 0.1) is 0 Å². The Morgan fingerprint density at radius 1 is 1.38 bits per heavy atom. The van der Waals surface area contributed by atoms with Gasteiger partial charge in [-0.2, -0.15) is 0 Å². The van der Waals surface area contributed by atoms with Crippen molar-refractivity contribution in [2.75, 3.05) is 0 Å². The van der Waals surface area contributed by atoms with Crippen molar-refractivity contribution < 1.29 is 4.79 Å². The zero-order chi connectivity index (χ0) is 5.82. The predicted octanol–water partition coefficient (Wildman–Crippen LogP) is 1.85. The Labute approximate surface area is 53.8 Å². The molecule has 0 amide bonds. The van der Waals surface area contributed by atoms with Crippen LogP contribution in [0.2, 0.25) is 0 Å². The van der Waals surface area contributed by atoms with Gasteiger partial charge in [0.25, 0.3) is 0 Å². The smallest absolute Gasteiger partial charge is 0.176 e. The summed E-state index contributed by atoms with van der Waals surface area (Å²) in [6, 6.07) is 0. The van der Waals surface area contributed by atoms with Crippen LogP contribution in [0.1, 0.15) is 25.7 Å². The molecular weight excluding hydrogens is 120 g/mol. The minimum absolute atomic E-state index is 0.660. The molecule has 46 valence electrons. The Morgan fingerprint density at radius 3 is 2.50 bits per heavy atom. The van der Waals surface area contributed by atoms with Gasteiger partial charge >= 0.3 is 0 Å². The highest BCUT2D eigenvalue weighted by molar-refractivity contribution is 8.12. The lowest BCUT2D eigenvalue weighted by atomic mass is 10.4. The minimum Gasteiger partial charge on any atom is -0.291 e. The zero-order valence-corrected chi connectivity index (χ0v) is 5.62. The lowest BCUT2D eigenvalue weighted by molar-refractivity contribution is 0.569. The third-order valence-electron chi connectivity index (χ3n) is 1.55. The molecule has 0 radical (unpaired) electrons. The first-order chi connectivity index (χ1) is 3.93. The highest BCUT2D eigenvalue weighted by Gasteiger charge is 2.13. The molecule has 0 spiro atoms. The molecule has 0 bridgehead atoms. The largest absolute Gasteiger partial charge is 0.291 e. The fourth-order valence-electron chi connectivity index (χ4n) is 1.10. The summed E-state index contributed by atoms with van der Waals surface area (Å²) in [6.07, 6.45) is 5.16. The number of carbonyl (C=O) groups is 1. The van der Waals surface area contributed by atoms with Crippen LogP contribution in [0.4, 0.5) is 0 Å². The Morgan fingerprint density at radius 2 is 2.00 bits per heavy atom. The normalized spacial score (nSPS) is 21.5. The second-order valence-electron chi connectivity index (χ2n) is 2.14. The van der Waals surface area contributed by atoms with Crippen LogP contribution in [0.5, 0.6) is 0 Å². The average molecular weight is 130 g/mol. The van der Waals surface area contributed by atoms with Crippen LogP contribution < -0.4 is 0 Å². The molecular formula is C6H10OS. The minimum atomic E-state index is 0.660. The van der Waals surface area contributed by atoms with E-state index in [1.807, 2.05) is 0 Å². The summed E-state index contributed by atoms with van der Waals surface area (Å²) in [7, 11) is 0. The lowest BCUT2D eigenvalue weighted by Crippen LogP contribution is -1.91. The van der Waals surface area contributed by atoms with Crippen molar-refractivity contribution in [3.05, 3.63) is 0 Å². The van der Waals surface area contributed by atoms with E-state index in [9.17, 15) is 4.79 Å². The van der Waals surface area contributed by atoms with E-state index < -0.39 is 0 Å². The molecule has 0 aromatic rings. The van der Waals surface area contributed by atoms with Crippen molar-refractivity contribution in [3.8, 4) is 0 Å². The maximum absolute atomic E-state index is 9.92. The Hall–Kier alpha value is 0.0200. The highest BCUT2D eigenvalue weighted by atomic mass is 32.2. The topological polar surface area (TPSA) is 17.1 Å². The van der Waals surface area contributed by atoms with Gasteiger partial charge < -0.3 is 0 Å². The molecule has 0 saturated heterocycles. The van der Waals surface area contributed by atoms with Crippen LogP contribution in [0.3, 0.4) is 0 Å². The summed E-state index contributed by atoms with van der Waals surface area (Å²) < 4.78 is 0. The van der Waals surface area contributed by atoms with Gasteiger partial charge in [0.15, 0.2) is 5.62 Å². The van der Waals surface area contributed by atoms with Crippen LogP contribution in [-0.2, 0) is 4.79 Å². The molecule has 0 N–H and O–H groups in total. The van der Waals surface area contributed by atoms with Crippen LogP contribution in [0.25, 0.3) is 0 Å². The monoisotopic (exact) mass is 130 g/mol. The molecule has 0 atom stereocenters. The van der Waals surface area contributed by atoms with Crippen molar-refractivity contribution in [3.63, 3.8) is 0 Å². The maximum atomic E-state index is 9.92. The molecule has 0 aromatic heterocycles. The molecule has 0 heterocycles. The van der Waals surface area contributed by atoms with E-state index in [4.69, 9.17) is 0 Å². The van der Waals surface area contributed by atoms with E-state index in [2.05, 4.69) is 0 Å². The molecule has 1 fully saturated rings. The van der Waals surface area contributed by atoms with Gasteiger partial charge in [0, 0.05) is 5.25 Å². The molecule has 1 aliphatic rings. The van der Waals surface area contributed by atoms with Crippen LogP contribution >= 0.6 is 11.8 Å². The van der Waals surface area contributed by atoms with Gasteiger partial charge in [0.1, 0.15) is 0 Å². The number of rotatable bonds is 2. The van der Waals surface area contributed by atoms with Crippen LogP contribution in [0, 0.1) is 0 Å². The number of hydrogen-bond donors (Lipinski definition) is 0. The van der Waals surface area contributed by atoms with E-state index in [-0.39, 0.29) is 0 Å². The summed E-state index contributed by atoms with van der Waals surface area (Å²) in [6.45, 7) is 0. The van der Waals surface area contributed by atoms with Crippen molar-refractivity contribution in [2.45, 2.75) is 30.9 Å². The van der Waals surface area contributed by atoms with E-state index in [0.29, 0.717) is 5.25 Å². The average Bonchev–Trinajstić information content (AvgIpc) is 2.19. The van der Waals surface area contributed by atoms with Gasteiger partial charge in [-0.3, -0.25) is 4.79 Å². The summed E-state index contributed by atoms with van der Waals surface area (Å²) in [5.74, 6) is 0. The predicted molar refractivity (Wildman–Crippen MR) is 36.6 cm³/mol. The summed E-state index contributed by atoms with van der Waals surface area (Å²) in [5, 5.41) is 0.660. The van der Waals surface area contributed by atoms with E-state index >= 15 is 0 Å². The molecule has 0 aliphatic heterocycles. The Bertz CT molecular complexity index is 76.6. The molecule has 8 heavy (non-hydrogen) atoms. The third-order valence-corrected chi connectivity index (χ3v) is 2.52. The second-order valence-corrected chi connectivity index (χ2v) is 3.27. The first-order valence-electron chi connectivity index (χ1n) is 3.02. The third kappa shape index (κ3) is 1.51. The molecule has 0 aromatic carbocycles. The van der Waals surface area contributed by atoms with Crippen LogP contribution in [0.15, 0.2) is 0 Å². The van der Waals surface area contributed by atoms with Crippen molar-refractivity contribution in [1.82, 2.24) is 0 Å². The molecule has 1 aliphatic carbocycles. The quantitative estimate of drug-likeness (QED) is 0.531. The molecule has 1 rings (SSSR count). The molecule has 2 heteroatoms. The van der Waals surface area contributed by atoms with Crippen molar-refractivity contribution >= 4 is 17.4 Å². The number of carbonyl (C=O) groups excluding carboxylic acids is 1. The van der Waals surface area contributed by atoms with Gasteiger partial charge in [-0.25, -0.2) is 0 Å². The van der Waals surface area contributed by atoms with E-state index in [1.165, 1.54) is 37.4 Å². The number of thioether (sulfide) groups is 1. The number of hydrogen-bond acceptors (Lipinski definition) is 2. The maximum Gasteiger partial charge on any atom is 0.176 e. The summed E-state index contributed by atoms with van der Waals surface area (Å²) in [4.78, 5) is 9.92. The first kappa shape index (κ1) is 6.14. The Balaban J connectivity index is 2.14. The highest BCUT2D eigenvalue weighted by Crippen LogP contribution is 2.27. The Kier molecular flexibility index (Phi) is 2.40. The van der Waals surface area contributed by atoms with Crippen molar-refractivity contribution in [1.29, 1.82) is 0 Å². The van der Waals surface area contributed by atoms with Gasteiger partial charge in [-0.15, -0.1) is 0 Å². The molecule has 0 unspecified atom stereocenters.